The smallest absolute Gasteiger partial charge is 0.338 e. The van der Waals surface area contributed by atoms with Crippen LogP contribution in [0.5, 0.6) is 0 Å². The third-order valence-electron chi connectivity index (χ3n) is 2.37. The van der Waals surface area contributed by atoms with Crippen molar-refractivity contribution in [3.63, 3.8) is 0 Å². The standard InChI is InChI=1S/C12H7Cl3N2O3S/c13-5-3-7(14)9(8(15)4-5)16-12(20)17-10-6(11(18)19)1-2-21-10/h1-4H,(H,18,19)(H2,16,17,20). The number of anilines is 2. The van der Waals surface area contributed by atoms with E-state index in [4.69, 9.17) is 39.9 Å². The Hall–Kier alpha value is -1.47. The van der Waals surface area contributed by atoms with Crippen molar-refractivity contribution in [2.75, 3.05) is 10.6 Å². The molecule has 2 aromatic rings. The summed E-state index contributed by atoms with van der Waals surface area (Å²) in [5, 5.41) is 16.3. The van der Waals surface area contributed by atoms with E-state index in [0.29, 0.717) is 5.02 Å². The van der Waals surface area contributed by atoms with Crippen molar-refractivity contribution in [1.82, 2.24) is 0 Å². The SMILES string of the molecule is O=C(Nc1sccc1C(=O)O)Nc1c(Cl)cc(Cl)cc1Cl. The fourth-order valence-electron chi connectivity index (χ4n) is 1.48. The number of amides is 2. The van der Waals surface area contributed by atoms with E-state index in [1.165, 1.54) is 18.2 Å². The minimum Gasteiger partial charge on any atom is -0.478 e. The maximum absolute atomic E-state index is 11.9. The van der Waals surface area contributed by atoms with Crippen molar-refractivity contribution in [1.29, 1.82) is 0 Å². The summed E-state index contributed by atoms with van der Waals surface area (Å²) < 4.78 is 0. The molecule has 0 saturated heterocycles. The van der Waals surface area contributed by atoms with Crippen molar-refractivity contribution in [3.8, 4) is 0 Å². The molecule has 0 saturated carbocycles. The van der Waals surface area contributed by atoms with Gasteiger partial charge in [0, 0.05) is 5.02 Å². The summed E-state index contributed by atoms with van der Waals surface area (Å²) in [4.78, 5) is 22.8. The number of carbonyl (C=O) groups excluding carboxylic acids is 1. The number of aromatic carboxylic acids is 1. The van der Waals surface area contributed by atoms with Crippen LogP contribution < -0.4 is 10.6 Å². The van der Waals surface area contributed by atoms with Gasteiger partial charge in [-0.2, -0.15) is 0 Å². The number of hydrogen-bond donors (Lipinski definition) is 3. The van der Waals surface area contributed by atoms with Gasteiger partial charge in [-0.25, -0.2) is 9.59 Å². The molecule has 1 aromatic heterocycles. The first kappa shape index (κ1) is 15.9. The maximum atomic E-state index is 11.9. The second-order valence-electron chi connectivity index (χ2n) is 3.79. The molecular formula is C12H7Cl3N2O3S. The number of carbonyl (C=O) groups is 2. The first-order valence-corrected chi connectivity index (χ1v) is 7.43. The quantitative estimate of drug-likeness (QED) is 0.712. The molecule has 21 heavy (non-hydrogen) atoms. The Balaban J connectivity index is 2.16. The molecule has 0 fully saturated rings. The Morgan fingerprint density at radius 2 is 1.71 bits per heavy atom. The van der Waals surface area contributed by atoms with E-state index in [-0.39, 0.29) is 26.3 Å². The monoisotopic (exact) mass is 364 g/mol. The zero-order valence-corrected chi connectivity index (χ0v) is 13.2. The summed E-state index contributed by atoms with van der Waals surface area (Å²) in [5.41, 5.74) is 0.192. The number of carboxylic acids is 1. The van der Waals surface area contributed by atoms with Gasteiger partial charge in [-0.15, -0.1) is 11.3 Å². The number of hydrogen-bond acceptors (Lipinski definition) is 3. The highest BCUT2D eigenvalue weighted by Crippen LogP contribution is 2.34. The molecule has 0 aliphatic rings. The van der Waals surface area contributed by atoms with Gasteiger partial charge in [0.05, 0.1) is 21.3 Å². The van der Waals surface area contributed by atoms with Crippen LogP contribution in [0.15, 0.2) is 23.6 Å². The molecule has 0 unspecified atom stereocenters. The Labute approximate surface area is 138 Å². The Bertz CT molecular complexity index is 695. The van der Waals surface area contributed by atoms with Crippen LogP contribution in [0.4, 0.5) is 15.5 Å². The van der Waals surface area contributed by atoms with Crippen LogP contribution in [-0.2, 0) is 0 Å². The molecule has 0 aliphatic carbocycles. The van der Waals surface area contributed by atoms with E-state index >= 15 is 0 Å². The molecule has 2 rings (SSSR count). The summed E-state index contributed by atoms with van der Waals surface area (Å²) in [5.74, 6) is -1.13. The van der Waals surface area contributed by atoms with Crippen LogP contribution in [0, 0.1) is 0 Å². The summed E-state index contributed by atoms with van der Waals surface area (Å²) in [6, 6.07) is 3.59. The van der Waals surface area contributed by atoms with Crippen molar-refractivity contribution in [3.05, 3.63) is 44.2 Å². The molecule has 0 aliphatic heterocycles. The van der Waals surface area contributed by atoms with E-state index in [9.17, 15) is 9.59 Å². The highest BCUT2D eigenvalue weighted by molar-refractivity contribution is 7.14. The minimum absolute atomic E-state index is 0.00319. The number of thiophene rings is 1. The van der Waals surface area contributed by atoms with Gasteiger partial charge in [0.15, 0.2) is 0 Å². The Morgan fingerprint density at radius 1 is 1.10 bits per heavy atom. The number of carboxylic acid groups (broad SMARTS) is 1. The topological polar surface area (TPSA) is 78.4 Å². The second-order valence-corrected chi connectivity index (χ2v) is 5.96. The van der Waals surface area contributed by atoms with Gasteiger partial charge < -0.3 is 10.4 Å². The molecule has 0 radical (unpaired) electrons. The third kappa shape index (κ3) is 3.79. The molecule has 0 bridgehead atoms. The normalized spacial score (nSPS) is 10.2. The fraction of sp³-hybridized carbons (Fsp3) is 0. The van der Waals surface area contributed by atoms with E-state index in [2.05, 4.69) is 10.6 Å². The third-order valence-corrected chi connectivity index (χ3v) is 4.01. The lowest BCUT2D eigenvalue weighted by atomic mass is 10.3. The highest BCUT2D eigenvalue weighted by atomic mass is 35.5. The minimum atomic E-state index is -1.13. The van der Waals surface area contributed by atoms with Gasteiger partial charge in [0.1, 0.15) is 5.00 Å². The lowest BCUT2D eigenvalue weighted by molar-refractivity contribution is 0.0698. The van der Waals surface area contributed by atoms with Crippen molar-refractivity contribution >= 4 is 68.8 Å². The fourth-order valence-corrected chi connectivity index (χ4v) is 3.17. The van der Waals surface area contributed by atoms with Crippen LogP contribution in [0.2, 0.25) is 15.1 Å². The van der Waals surface area contributed by atoms with Gasteiger partial charge in [-0.05, 0) is 23.6 Å². The van der Waals surface area contributed by atoms with Gasteiger partial charge >= 0.3 is 12.0 Å². The average molecular weight is 366 g/mol. The molecule has 1 heterocycles. The summed E-state index contributed by atoms with van der Waals surface area (Å²) in [6.45, 7) is 0. The number of urea groups is 1. The van der Waals surface area contributed by atoms with Crippen LogP contribution in [0.25, 0.3) is 0 Å². The zero-order chi connectivity index (χ0) is 15.6. The first-order valence-electron chi connectivity index (χ1n) is 5.42. The zero-order valence-electron chi connectivity index (χ0n) is 10.1. The Kier molecular flexibility index (Phi) is 4.95. The predicted molar refractivity (Wildman–Crippen MR) is 85.4 cm³/mol. The largest absolute Gasteiger partial charge is 0.478 e. The van der Waals surface area contributed by atoms with E-state index in [0.717, 1.165) is 11.3 Å². The highest BCUT2D eigenvalue weighted by Gasteiger charge is 2.16. The summed E-state index contributed by atoms with van der Waals surface area (Å²) in [6.07, 6.45) is 0. The maximum Gasteiger partial charge on any atom is 0.338 e. The number of nitrogens with one attached hydrogen (secondary N) is 2. The number of rotatable bonds is 3. The van der Waals surface area contributed by atoms with Crippen LogP contribution >= 0.6 is 46.1 Å². The van der Waals surface area contributed by atoms with Crippen molar-refractivity contribution < 1.29 is 14.7 Å². The molecule has 110 valence electrons. The molecule has 3 N–H and O–H groups in total. The van der Waals surface area contributed by atoms with Gasteiger partial charge in [-0.3, -0.25) is 5.32 Å². The lowest BCUT2D eigenvalue weighted by Crippen LogP contribution is -2.20. The van der Waals surface area contributed by atoms with Crippen LogP contribution in [0.3, 0.4) is 0 Å². The molecule has 0 spiro atoms. The van der Waals surface area contributed by atoms with E-state index < -0.39 is 12.0 Å². The number of halogens is 3. The average Bonchev–Trinajstić information content (AvgIpc) is 2.82. The summed E-state index contributed by atoms with van der Waals surface area (Å²) in [7, 11) is 0. The van der Waals surface area contributed by atoms with Crippen LogP contribution in [0.1, 0.15) is 10.4 Å². The lowest BCUT2D eigenvalue weighted by Gasteiger charge is -2.10. The molecule has 0 atom stereocenters. The first-order chi connectivity index (χ1) is 9.88. The van der Waals surface area contributed by atoms with Crippen molar-refractivity contribution in [2.24, 2.45) is 0 Å². The molecule has 1 aromatic carbocycles. The molecule has 9 heteroatoms. The van der Waals surface area contributed by atoms with Gasteiger partial charge in [-0.1, -0.05) is 34.8 Å². The molecule has 2 amide bonds. The number of benzene rings is 1. The Morgan fingerprint density at radius 3 is 2.29 bits per heavy atom. The second kappa shape index (κ2) is 6.53. The summed E-state index contributed by atoms with van der Waals surface area (Å²) >= 11 is 18.7. The van der Waals surface area contributed by atoms with Gasteiger partial charge in [0.25, 0.3) is 0 Å². The molecular weight excluding hydrogens is 359 g/mol. The van der Waals surface area contributed by atoms with E-state index in [1.807, 2.05) is 0 Å². The molecule has 5 nitrogen and oxygen atoms in total. The van der Waals surface area contributed by atoms with Gasteiger partial charge in [0.2, 0.25) is 0 Å². The van der Waals surface area contributed by atoms with Crippen molar-refractivity contribution in [2.45, 2.75) is 0 Å². The van der Waals surface area contributed by atoms with Crippen LogP contribution in [-0.4, -0.2) is 17.1 Å². The van der Waals surface area contributed by atoms with E-state index in [1.54, 1.807) is 5.38 Å². The predicted octanol–water partition coefficient (Wildman–Crippen LogP) is 5.05.